The molecular formula is C23H21N5O. The van der Waals surface area contributed by atoms with Crippen LogP contribution in [0.3, 0.4) is 0 Å². The molecule has 0 atom stereocenters. The fourth-order valence-corrected chi connectivity index (χ4v) is 3.08. The lowest BCUT2D eigenvalue weighted by molar-refractivity contribution is 0.100. The lowest BCUT2D eigenvalue weighted by atomic mass is 10.1. The number of carbonyl (C=O) groups is 1. The predicted octanol–water partition coefficient (Wildman–Crippen LogP) is 4.13. The Hall–Kier alpha value is -3.93. The molecular weight excluding hydrogens is 362 g/mol. The molecule has 1 aromatic heterocycles. The number of aromatic nitrogens is 2. The van der Waals surface area contributed by atoms with Crippen molar-refractivity contribution in [2.45, 2.75) is 6.42 Å². The van der Waals surface area contributed by atoms with Crippen molar-refractivity contribution in [3.63, 3.8) is 0 Å². The van der Waals surface area contributed by atoms with Gasteiger partial charge in [0.25, 0.3) is 0 Å². The van der Waals surface area contributed by atoms with Crippen LogP contribution < -0.4 is 16.4 Å². The van der Waals surface area contributed by atoms with Crippen molar-refractivity contribution in [3.8, 4) is 0 Å². The molecule has 6 nitrogen and oxygen atoms in total. The number of hydrogen-bond donors (Lipinski definition) is 3. The molecule has 3 aromatic carbocycles. The number of nitrogens with zero attached hydrogens (tertiary/aromatic N) is 2. The predicted molar refractivity (Wildman–Crippen MR) is 116 cm³/mol. The summed E-state index contributed by atoms with van der Waals surface area (Å²) in [6.45, 7) is 0.762. The Morgan fingerprint density at radius 3 is 2.34 bits per heavy atom. The van der Waals surface area contributed by atoms with Gasteiger partial charge in [0.2, 0.25) is 11.9 Å². The summed E-state index contributed by atoms with van der Waals surface area (Å²) in [5, 5.41) is 7.60. The maximum absolute atomic E-state index is 11.2. The minimum Gasteiger partial charge on any atom is -0.369 e. The molecule has 144 valence electrons. The van der Waals surface area contributed by atoms with Crippen LogP contribution in [0.25, 0.3) is 10.9 Å². The van der Waals surface area contributed by atoms with Crippen LogP contribution in [-0.4, -0.2) is 22.4 Å². The summed E-state index contributed by atoms with van der Waals surface area (Å²) in [5.41, 5.74) is 8.65. The number of nitrogens with one attached hydrogen (secondary N) is 2. The molecule has 1 amide bonds. The second-order valence-corrected chi connectivity index (χ2v) is 6.64. The average Bonchev–Trinajstić information content (AvgIpc) is 2.75. The highest BCUT2D eigenvalue weighted by atomic mass is 16.1. The number of rotatable bonds is 7. The number of fused-ring (bicyclic) bond motifs is 1. The molecule has 0 radical (unpaired) electrons. The minimum atomic E-state index is -0.455. The Morgan fingerprint density at radius 2 is 1.59 bits per heavy atom. The third-order valence-electron chi connectivity index (χ3n) is 4.58. The van der Waals surface area contributed by atoms with Crippen LogP contribution in [0.1, 0.15) is 15.9 Å². The van der Waals surface area contributed by atoms with Gasteiger partial charge in [-0.05, 0) is 48.4 Å². The fraction of sp³-hybridized carbons (Fsp3) is 0.0870. The Labute approximate surface area is 168 Å². The van der Waals surface area contributed by atoms with Crippen LogP contribution >= 0.6 is 0 Å². The Morgan fingerprint density at radius 1 is 0.862 bits per heavy atom. The summed E-state index contributed by atoms with van der Waals surface area (Å²) in [7, 11) is 0. The smallest absolute Gasteiger partial charge is 0.248 e. The maximum Gasteiger partial charge on any atom is 0.248 e. The van der Waals surface area contributed by atoms with E-state index >= 15 is 0 Å². The molecule has 1 heterocycles. The topological polar surface area (TPSA) is 92.9 Å². The minimum absolute atomic E-state index is 0.455. The van der Waals surface area contributed by atoms with E-state index in [0.29, 0.717) is 11.5 Å². The van der Waals surface area contributed by atoms with Gasteiger partial charge in [0, 0.05) is 23.2 Å². The van der Waals surface area contributed by atoms with E-state index < -0.39 is 5.91 Å². The molecule has 0 unspecified atom stereocenters. The molecule has 4 rings (SSSR count). The summed E-state index contributed by atoms with van der Waals surface area (Å²) in [5.74, 6) is 0.809. The highest BCUT2D eigenvalue weighted by Crippen LogP contribution is 2.23. The number of anilines is 3. The lowest BCUT2D eigenvalue weighted by Gasteiger charge is -2.12. The van der Waals surface area contributed by atoms with Crippen LogP contribution in [0, 0.1) is 0 Å². The molecule has 0 bridgehead atoms. The Bertz CT molecular complexity index is 1130. The zero-order valence-corrected chi connectivity index (χ0v) is 15.8. The van der Waals surface area contributed by atoms with Crippen LogP contribution in [0.15, 0.2) is 78.9 Å². The van der Waals surface area contributed by atoms with E-state index in [0.717, 1.165) is 35.4 Å². The van der Waals surface area contributed by atoms with Gasteiger partial charge in [-0.1, -0.05) is 42.5 Å². The highest BCUT2D eigenvalue weighted by molar-refractivity contribution is 5.93. The van der Waals surface area contributed by atoms with Gasteiger partial charge in [0.05, 0.1) is 5.52 Å². The van der Waals surface area contributed by atoms with Crippen molar-refractivity contribution in [1.29, 1.82) is 0 Å². The number of hydrogen-bond acceptors (Lipinski definition) is 5. The van der Waals surface area contributed by atoms with Crippen LogP contribution in [-0.2, 0) is 6.42 Å². The van der Waals surface area contributed by atoms with Gasteiger partial charge in [-0.25, -0.2) is 4.98 Å². The molecule has 4 aromatic rings. The first-order chi connectivity index (χ1) is 14.2. The lowest BCUT2D eigenvalue weighted by Crippen LogP contribution is -2.10. The van der Waals surface area contributed by atoms with E-state index in [-0.39, 0.29) is 0 Å². The molecule has 4 N–H and O–H groups in total. The summed E-state index contributed by atoms with van der Waals surface area (Å²) in [4.78, 5) is 20.5. The number of para-hydroxylation sites is 1. The summed E-state index contributed by atoms with van der Waals surface area (Å²) < 4.78 is 0. The molecule has 0 aliphatic heterocycles. The highest BCUT2D eigenvalue weighted by Gasteiger charge is 2.08. The third kappa shape index (κ3) is 4.50. The number of benzene rings is 3. The normalized spacial score (nSPS) is 10.6. The molecule has 0 aliphatic rings. The van der Waals surface area contributed by atoms with Gasteiger partial charge in [-0.3, -0.25) is 4.79 Å². The van der Waals surface area contributed by atoms with Crippen molar-refractivity contribution in [1.82, 2.24) is 9.97 Å². The Balaban J connectivity index is 1.55. The SMILES string of the molecule is NC(=O)c1ccc(Nc2nc(NCCc3ccccc3)c3ccccc3n2)cc1. The first-order valence-corrected chi connectivity index (χ1v) is 9.40. The summed E-state index contributed by atoms with van der Waals surface area (Å²) in [6.07, 6.45) is 0.899. The van der Waals surface area contributed by atoms with E-state index in [1.54, 1.807) is 24.3 Å². The zero-order valence-electron chi connectivity index (χ0n) is 15.8. The second-order valence-electron chi connectivity index (χ2n) is 6.64. The van der Waals surface area contributed by atoms with E-state index in [2.05, 4.69) is 32.7 Å². The van der Waals surface area contributed by atoms with Gasteiger partial charge < -0.3 is 16.4 Å². The molecule has 6 heteroatoms. The first kappa shape index (κ1) is 18.4. The van der Waals surface area contributed by atoms with Gasteiger partial charge in [-0.2, -0.15) is 4.98 Å². The van der Waals surface area contributed by atoms with E-state index in [1.165, 1.54) is 5.56 Å². The molecule has 0 saturated carbocycles. The molecule has 0 saturated heterocycles. The molecule has 0 aliphatic carbocycles. The van der Waals surface area contributed by atoms with Crippen LogP contribution in [0.5, 0.6) is 0 Å². The van der Waals surface area contributed by atoms with Crippen molar-refractivity contribution in [2.75, 3.05) is 17.2 Å². The third-order valence-corrected chi connectivity index (χ3v) is 4.58. The molecule has 0 fully saturated rings. The van der Waals surface area contributed by atoms with Gasteiger partial charge in [0.1, 0.15) is 5.82 Å². The number of amides is 1. The zero-order chi connectivity index (χ0) is 20.1. The fourth-order valence-electron chi connectivity index (χ4n) is 3.08. The van der Waals surface area contributed by atoms with Gasteiger partial charge in [0.15, 0.2) is 0 Å². The van der Waals surface area contributed by atoms with Crippen LogP contribution in [0.4, 0.5) is 17.5 Å². The number of nitrogens with two attached hydrogens (primary N) is 1. The van der Waals surface area contributed by atoms with E-state index in [4.69, 9.17) is 5.73 Å². The van der Waals surface area contributed by atoms with Crippen molar-refractivity contribution < 1.29 is 4.79 Å². The summed E-state index contributed by atoms with van der Waals surface area (Å²) >= 11 is 0. The van der Waals surface area contributed by atoms with Gasteiger partial charge in [-0.15, -0.1) is 0 Å². The van der Waals surface area contributed by atoms with Crippen molar-refractivity contribution in [2.24, 2.45) is 5.73 Å². The standard InChI is InChI=1S/C23H21N5O/c24-21(29)17-10-12-18(13-11-17)26-23-27-20-9-5-4-8-19(20)22(28-23)25-15-14-16-6-2-1-3-7-16/h1-13H,14-15H2,(H2,24,29)(H2,25,26,27,28). The largest absolute Gasteiger partial charge is 0.369 e. The van der Waals surface area contributed by atoms with E-state index in [1.807, 2.05) is 42.5 Å². The first-order valence-electron chi connectivity index (χ1n) is 9.40. The van der Waals surface area contributed by atoms with Crippen molar-refractivity contribution >= 4 is 34.3 Å². The molecule has 0 spiro atoms. The second kappa shape index (κ2) is 8.39. The number of carbonyl (C=O) groups excluding carboxylic acids is 1. The van der Waals surface area contributed by atoms with Gasteiger partial charge >= 0.3 is 0 Å². The van der Waals surface area contributed by atoms with Crippen molar-refractivity contribution in [3.05, 3.63) is 90.0 Å². The maximum atomic E-state index is 11.2. The number of primary amides is 1. The quantitative estimate of drug-likeness (QED) is 0.446. The van der Waals surface area contributed by atoms with Crippen LogP contribution in [0.2, 0.25) is 0 Å². The Kier molecular flexibility index (Phi) is 5.33. The average molecular weight is 383 g/mol. The molecule has 29 heavy (non-hydrogen) atoms. The van der Waals surface area contributed by atoms with E-state index in [9.17, 15) is 4.79 Å². The monoisotopic (exact) mass is 383 g/mol. The summed E-state index contributed by atoms with van der Waals surface area (Å²) in [6, 6.07) is 25.1.